The number of fused-ring (bicyclic) bond motifs is 6. The number of primary amides is 1. The number of alkyl halides is 1. The van der Waals surface area contributed by atoms with Crippen LogP contribution in [0.2, 0.25) is 0 Å². The lowest BCUT2D eigenvalue weighted by molar-refractivity contribution is -0.128. The molecule has 0 fully saturated rings. The number of hydrogen-bond acceptors (Lipinski definition) is 15. The number of halogens is 1. The molecule has 28 heteroatoms. The third-order valence-electron chi connectivity index (χ3n) is 14.9. The van der Waals surface area contributed by atoms with E-state index in [1.54, 1.807) is 106 Å². The first kappa shape index (κ1) is 67.4. The minimum absolute atomic E-state index is 0.00502. The number of methoxy groups -OCH3 is 1. The van der Waals surface area contributed by atoms with E-state index in [1.807, 2.05) is 24.3 Å². The number of alkyl carbamates (subject to hydrolysis) is 1. The van der Waals surface area contributed by atoms with Crippen molar-refractivity contribution in [1.82, 2.24) is 25.8 Å². The predicted molar refractivity (Wildman–Crippen MR) is 340 cm³/mol. The number of carbonyl (C=O) groups is 8. The van der Waals surface area contributed by atoms with Crippen molar-refractivity contribution in [2.75, 3.05) is 81.0 Å². The van der Waals surface area contributed by atoms with Crippen LogP contribution in [0.3, 0.4) is 0 Å². The van der Waals surface area contributed by atoms with Crippen molar-refractivity contribution >= 4 is 117 Å². The van der Waals surface area contributed by atoms with Gasteiger partial charge < -0.3 is 70.1 Å². The third kappa shape index (κ3) is 16.8. The van der Waals surface area contributed by atoms with Crippen LogP contribution in [0.4, 0.5) is 36.2 Å². The highest BCUT2D eigenvalue weighted by Crippen LogP contribution is 2.50. The van der Waals surface area contributed by atoms with Crippen LogP contribution in [0.25, 0.3) is 21.5 Å². The second-order valence-electron chi connectivity index (χ2n) is 22.9. The zero-order chi connectivity index (χ0) is 65.2. The van der Waals surface area contributed by atoms with E-state index < -0.39 is 73.4 Å². The number of nitrogens with two attached hydrogens (primary N) is 1. The second kappa shape index (κ2) is 29.4. The molecule has 2 aliphatic heterocycles. The Morgan fingerprint density at radius 2 is 1.43 bits per heavy atom. The SMILES string of the molecule is COCCN(CCN(C)C(=O)OCc1ccc(NC(=O)[C@H](CCCNC(N)=O)NC(=O)C(NC(=O)OC(C)(C)C)C(C)C)cc1)C(=O)Oc1cc2c(c3ccccc13)CCN2C(=O)c1ccc(C(=O)N2C[C@@H](CCl)c3c2cc(OP(=O)(O)O)c2ccccc32)s1. The highest BCUT2D eigenvalue weighted by Gasteiger charge is 2.38. The minimum Gasteiger partial charge on any atom is -0.445 e. The number of phosphoric ester groups is 1. The van der Waals surface area contributed by atoms with Crippen molar-refractivity contribution in [3.63, 3.8) is 0 Å². The highest BCUT2D eigenvalue weighted by molar-refractivity contribution is 7.46. The van der Waals surface area contributed by atoms with Crippen molar-refractivity contribution < 1.29 is 76.2 Å². The molecule has 3 heterocycles. The molecular weight excluding hydrogens is 1230 g/mol. The molecule has 8 N–H and O–H groups in total. The van der Waals surface area contributed by atoms with Crippen molar-refractivity contribution in [3.05, 3.63) is 124 Å². The van der Waals surface area contributed by atoms with E-state index in [2.05, 4.69) is 21.3 Å². The number of nitrogens with one attached hydrogen (secondary N) is 4. The molecule has 0 bridgehead atoms. The van der Waals surface area contributed by atoms with E-state index in [-0.39, 0.29) is 104 Å². The van der Waals surface area contributed by atoms with Gasteiger partial charge >= 0.3 is 32.1 Å². The summed E-state index contributed by atoms with van der Waals surface area (Å²) in [6.07, 6.45) is -1.39. The minimum atomic E-state index is -4.99. The summed E-state index contributed by atoms with van der Waals surface area (Å²) in [6.45, 7) is 9.21. The number of rotatable bonds is 24. The maximum Gasteiger partial charge on any atom is 0.524 e. The van der Waals surface area contributed by atoms with Gasteiger partial charge in [0.25, 0.3) is 11.8 Å². The van der Waals surface area contributed by atoms with Crippen LogP contribution in [0.5, 0.6) is 11.5 Å². The normalized spacial score (nSPS) is 14.3. The zero-order valence-electron chi connectivity index (χ0n) is 50.7. The Hall–Kier alpha value is -8.52. The summed E-state index contributed by atoms with van der Waals surface area (Å²) < 4.78 is 39.6. The van der Waals surface area contributed by atoms with E-state index in [0.717, 1.165) is 27.8 Å². The van der Waals surface area contributed by atoms with Gasteiger partial charge in [-0.3, -0.25) is 29.0 Å². The first-order valence-corrected chi connectivity index (χ1v) is 31.8. The Morgan fingerprint density at radius 3 is 2.06 bits per heavy atom. The van der Waals surface area contributed by atoms with Gasteiger partial charge in [-0.1, -0.05) is 74.5 Å². The fraction of sp³-hybridized carbons (Fsp3) is 0.387. The van der Waals surface area contributed by atoms with Crippen LogP contribution >= 0.6 is 30.8 Å². The van der Waals surface area contributed by atoms with Crippen LogP contribution in [-0.4, -0.2) is 151 Å². The molecule has 25 nitrogen and oxygen atoms in total. The van der Waals surface area contributed by atoms with Gasteiger partial charge in [0, 0.05) is 93.8 Å². The van der Waals surface area contributed by atoms with Crippen LogP contribution < -0.4 is 46.1 Å². The molecule has 1 unspecified atom stereocenters. The Labute approximate surface area is 528 Å². The number of likely N-dealkylation sites (N-methyl/N-ethyl adjacent to an activating group) is 1. The summed E-state index contributed by atoms with van der Waals surface area (Å²) in [5.74, 6) is -2.50. The van der Waals surface area contributed by atoms with E-state index in [1.165, 1.54) is 34.9 Å². The first-order valence-electron chi connectivity index (χ1n) is 29.0. The van der Waals surface area contributed by atoms with Crippen LogP contribution in [0.15, 0.2) is 97.1 Å². The average Bonchev–Trinajstić information content (AvgIpc) is 1.55. The van der Waals surface area contributed by atoms with Gasteiger partial charge in [0.2, 0.25) is 11.8 Å². The van der Waals surface area contributed by atoms with E-state index in [9.17, 15) is 52.7 Å². The van der Waals surface area contributed by atoms with Crippen molar-refractivity contribution in [2.45, 2.75) is 84.1 Å². The third-order valence-corrected chi connectivity index (χ3v) is 16.7. The van der Waals surface area contributed by atoms with Crippen LogP contribution in [0, 0.1) is 5.92 Å². The molecule has 0 saturated heterocycles. The number of urea groups is 1. The molecule has 0 saturated carbocycles. The number of phosphoric acid groups is 1. The van der Waals surface area contributed by atoms with Crippen molar-refractivity contribution in [1.29, 1.82) is 0 Å². The number of amides is 9. The number of hydrogen-bond donors (Lipinski definition) is 7. The first-order chi connectivity index (χ1) is 42.7. The Morgan fingerprint density at radius 1 is 0.800 bits per heavy atom. The summed E-state index contributed by atoms with van der Waals surface area (Å²) in [6, 6.07) is 24.1. The zero-order valence-corrected chi connectivity index (χ0v) is 53.2. The number of nitrogens with zero attached hydrogens (tertiary/aromatic N) is 4. The maximum absolute atomic E-state index is 14.5. The standard InChI is InChI=1S/C62H73ClN9O16PS/c1-36(2)53(68-59(78)87-62(3,4)5)55(74)67-45(17-12-25-65-58(64)77)54(73)66-39-20-18-37(19-21-39)35-85-60(79)69(6)27-28-70(29-30-84-7)61(80)86-48-31-46-41(40-13-8-9-14-42(40)48)24-26-71(46)56(75)50-22-23-51(90-50)57(76)72-34-38(33-63)52-44-16-11-10-15-43(44)49(32-47(52)72)88-89(81,82)83/h8-11,13-16,18-23,31-32,36,38,45,53H,12,17,24-30,33-35H2,1-7H3,(H,66,73)(H,67,74)(H,68,78)(H3,64,65,77)(H2,81,82,83)/t38-,45+,53?/m1/s1. The number of ether oxygens (including phenoxy) is 4. The Balaban J connectivity index is 0.889. The lowest BCUT2D eigenvalue weighted by Gasteiger charge is -2.27. The quantitative estimate of drug-likeness (QED) is 0.0169. The average molecular weight is 1300 g/mol. The molecule has 0 spiro atoms. The van der Waals surface area contributed by atoms with Gasteiger partial charge in [-0.15, -0.1) is 22.9 Å². The van der Waals surface area contributed by atoms with E-state index >= 15 is 0 Å². The summed E-state index contributed by atoms with van der Waals surface area (Å²) in [5.41, 5.74) is 7.81. The molecule has 9 amide bonds. The van der Waals surface area contributed by atoms with E-state index in [4.69, 9.17) is 40.8 Å². The van der Waals surface area contributed by atoms with Gasteiger partial charge in [0.1, 0.15) is 35.8 Å². The number of anilines is 3. The fourth-order valence-electron chi connectivity index (χ4n) is 10.5. The predicted octanol–water partition coefficient (Wildman–Crippen LogP) is 8.85. The number of thiophene rings is 1. The molecule has 0 aliphatic carbocycles. The van der Waals surface area contributed by atoms with Crippen LogP contribution in [0.1, 0.15) is 89.4 Å². The monoisotopic (exact) mass is 1300 g/mol. The lowest BCUT2D eigenvalue weighted by Crippen LogP contribution is -2.55. The second-order valence-corrected chi connectivity index (χ2v) is 25.4. The lowest BCUT2D eigenvalue weighted by atomic mass is 9.95. The van der Waals surface area contributed by atoms with Gasteiger partial charge in [-0.05, 0) is 97.7 Å². The molecule has 8 rings (SSSR count). The largest absolute Gasteiger partial charge is 0.524 e. The summed E-state index contributed by atoms with van der Waals surface area (Å²) in [5, 5.41) is 13.0. The van der Waals surface area contributed by atoms with Gasteiger partial charge in [0.05, 0.1) is 27.7 Å². The van der Waals surface area contributed by atoms with Gasteiger partial charge in [-0.2, -0.15) is 0 Å². The van der Waals surface area contributed by atoms with E-state index in [0.29, 0.717) is 45.2 Å². The topological polar surface area (TPSA) is 327 Å². The summed E-state index contributed by atoms with van der Waals surface area (Å²) >= 11 is 7.46. The van der Waals surface area contributed by atoms with Gasteiger partial charge in [0.15, 0.2) is 0 Å². The van der Waals surface area contributed by atoms with Gasteiger partial charge in [-0.25, -0.2) is 23.7 Å². The molecule has 1 aromatic heterocycles. The molecule has 0 radical (unpaired) electrons. The van der Waals surface area contributed by atoms with Crippen LogP contribution in [-0.2, 0) is 41.4 Å². The number of benzene rings is 5. The van der Waals surface area contributed by atoms with Crippen molar-refractivity contribution in [2.24, 2.45) is 11.7 Å². The van der Waals surface area contributed by atoms with Crippen molar-refractivity contribution in [3.8, 4) is 11.5 Å². The smallest absolute Gasteiger partial charge is 0.445 e. The maximum atomic E-state index is 14.5. The molecule has 2 aliphatic rings. The number of carbonyl (C=O) groups excluding carboxylic acids is 8. The molecule has 6 aromatic rings. The summed E-state index contributed by atoms with van der Waals surface area (Å²) in [7, 11) is -2.00. The molecular formula is C62H73ClN9O16PS. The molecule has 3 atom stereocenters. The molecule has 480 valence electrons. The summed E-state index contributed by atoms with van der Waals surface area (Å²) in [4.78, 5) is 133. The highest BCUT2D eigenvalue weighted by atomic mass is 35.5. The Bertz CT molecular complexity index is 3730. The molecule has 5 aromatic carbocycles. The Kier molecular flexibility index (Phi) is 22.0. The fourth-order valence-corrected chi connectivity index (χ4v) is 12.1. The molecule has 90 heavy (non-hydrogen) atoms.